The van der Waals surface area contributed by atoms with E-state index in [0.29, 0.717) is 5.56 Å². The minimum Gasteiger partial charge on any atom is -0.478 e. The van der Waals surface area contributed by atoms with Gasteiger partial charge in [0.25, 0.3) is 0 Å². The molecule has 4 aromatic rings. The van der Waals surface area contributed by atoms with Crippen LogP contribution in [0.3, 0.4) is 0 Å². The number of aromatic carboxylic acids is 1. The third-order valence-electron chi connectivity index (χ3n) is 5.36. The van der Waals surface area contributed by atoms with Crippen LogP contribution < -0.4 is 4.90 Å². The standard InChI is InChI=1S/C23H20N4O2S/c28-22(29)18-4-5-19-15-26(11-8-17(19)13-18)23-24-14-21(30-23)12-16-2-6-20(7-3-16)27-10-1-9-25-27/h1-7,9-10,13-14H,8,11-12,15H2,(H,28,29). The molecule has 150 valence electrons. The number of aromatic nitrogens is 3. The van der Waals surface area contributed by atoms with Gasteiger partial charge in [0, 0.05) is 43.0 Å². The average Bonchev–Trinajstić information content (AvgIpc) is 3.46. The van der Waals surface area contributed by atoms with Crippen molar-refractivity contribution in [2.75, 3.05) is 11.4 Å². The van der Waals surface area contributed by atoms with Crippen LogP contribution in [0.25, 0.3) is 5.69 Å². The van der Waals surface area contributed by atoms with Gasteiger partial charge in [0.2, 0.25) is 0 Å². The Balaban J connectivity index is 1.27. The molecule has 0 unspecified atom stereocenters. The van der Waals surface area contributed by atoms with Gasteiger partial charge in [-0.05, 0) is 53.4 Å². The summed E-state index contributed by atoms with van der Waals surface area (Å²) in [6.45, 7) is 1.61. The molecular weight excluding hydrogens is 396 g/mol. The van der Waals surface area contributed by atoms with E-state index in [4.69, 9.17) is 0 Å². The van der Waals surface area contributed by atoms with E-state index in [1.165, 1.54) is 16.0 Å². The molecule has 1 aliphatic rings. The Labute approximate surface area is 178 Å². The van der Waals surface area contributed by atoms with Crippen molar-refractivity contribution in [3.05, 3.63) is 94.3 Å². The van der Waals surface area contributed by atoms with Crippen molar-refractivity contribution in [1.82, 2.24) is 14.8 Å². The minimum atomic E-state index is -0.873. The van der Waals surface area contributed by atoms with E-state index in [9.17, 15) is 9.90 Å². The topological polar surface area (TPSA) is 71.2 Å². The second kappa shape index (κ2) is 7.76. The van der Waals surface area contributed by atoms with E-state index >= 15 is 0 Å². The molecule has 3 heterocycles. The SMILES string of the molecule is O=C(O)c1ccc2c(c1)CCN(c1ncc(Cc3ccc(-n4cccn4)cc3)s1)C2. The van der Waals surface area contributed by atoms with Crippen LogP contribution >= 0.6 is 11.3 Å². The van der Waals surface area contributed by atoms with Gasteiger partial charge < -0.3 is 10.0 Å². The molecule has 0 fully saturated rings. The van der Waals surface area contributed by atoms with Crippen LogP contribution in [0.2, 0.25) is 0 Å². The Kier molecular flexibility index (Phi) is 4.80. The molecule has 0 saturated carbocycles. The summed E-state index contributed by atoms with van der Waals surface area (Å²) < 4.78 is 1.85. The molecule has 0 amide bonds. The first-order valence-electron chi connectivity index (χ1n) is 9.79. The van der Waals surface area contributed by atoms with E-state index in [1.807, 2.05) is 29.2 Å². The number of nitrogens with zero attached hydrogens (tertiary/aromatic N) is 4. The van der Waals surface area contributed by atoms with Gasteiger partial charge in [0.05, 0.1) is 11.3 Å². The zero-order valence-corrected chi connectivity index (χ0v) is 17.0. The van der Waals surface area contributed by atoms with Crippen molar-refractivity contribution in [3.63, 3.8) is 0 Å². The van der Waals surface area contributed by atoms with Gasteiger partial charge in [0.1, 0.15) is 0 Å². The van der Waals surface area contributed by atoms with Crippen molar-refractivity contribution < 1.29 is 9.90 Å². The number of carboxylic acids is 1. The number of carboxylic acid groups (broad SMARTS) is 1. The fraction of sp³-hybridized carbons (Fsp3) is 0.174. The van der Waals surface area contributed by atoms with Gasteiger partial charge in [-0.1, -0.05) is 18.2 Å². The molecule has 7 heteroatoms. The van der Waals surface area contributed by atoms with Gasteiger partial charge >= 0.3 is 5.97 Å². The Hall–Kier alpha value is -3.45. The smallest absolute Gasteiger partial charge is 0.335 e. The molecule has 1 N–H and O–H groups in total. The fourth-order valence-electron chi connectivity index (χ4n) is 3.76. The van der Waals surface area contributed by atoms with Crippen LogP contribution in [0, 0.1) is 0 Å². The Morgan fingerprint density at radius 1 is 1.13 bits per heavy atom. The lowest BCUT2D eigenvalue weighted by Gasteiger charge is -2.28. The molecular formula is C23H20N4O2S. The molecule has 1 aliphatic heterocycles. The lowest BCUT2D eigenvalue weighted by Crippen LogP contribution is -2.30. The molecule has 30 heavy (non-hydrogen) atoms. The highest BCUT2D eigenvalue weighted by Gasteiger charge is 2.20. The van der Waals surface area contributed by atoms with Crippen LogP contribution in [-0.4, -0.2) is 32.4 Å². The van der Waals surface area contributed by atoms with E-state index < -0.39 is 5.97 Å². The maximum Gasteiger partial charge on any atom is 0.335 e. The zero-order chi connectivity index (χ0) is 20.5. The van der Waals surface area contributed by atoms with Crippen molar-refractivity contribution in [3.8, 4) is 5.69 Å². The number of carbonyl (C=O) groups is 1. The molecule has 0 bridgehead atoms. The van der Waals surface area contributed by atoms with E-state index in [1.54, 1.807) is 29.7 Å². The summed E-state index contributed by atoms with van der Waals surface area (Å²) in [6.07, 6.45) is 7.36. The summed E-state index contributed by atoms with van der Waals surface area (Å²) in [5.41, 5.74) is 4.95. The highest BCUT2D eigenvalue weighted by Crippen LogP contribution is 2.30. The summed E-state index contributed by atoms with van der Waals surface area (Å²) in [7, 11) is 0. The quantitative estimate of drug-likeness (QED) is 0.528. The maximum absolute atomic E-state index is 11.2. The van der Waals surface area contributed by atoms with Crippen LogP contribution in [0.15, 0.2) is 67.1 Å². The van der Waals surface area contributed by atoms with Gasteiger partial charge in [-0.15, -0.1) is 11.3 Å². The first-order valence-corrected chi connectivity index (χ1v) is 10.6. The summed E-state index contributed by atoms with van der Waals surface area (Å²) in [5.74, 6) is -0.873. The van der Waals surface area contributed by atoms with Crippen molar-refractivity contribution in [1.29, 1.82) is 0 Å². The second-order valence-corrected chi connectivity index (χ2v) is 8.46. The summed E-state index contributed by atoms with van der Waals surface area (Å²) in [6, 6.07) is 15.8. The molecule has 0 aliphatic carbocycles. The lowest BCUT2D eigenvalue weighted by atomic mass is 9.97. The summed E-state index contributed by atoms with van der Waals surface area (Å²) >= 11 is 1.72. The largest absolute Gasteiger partial charge is 0.478 e. The van der Waals surface area contributed by atoms with E-state index in [2.05, 4.69) is 39.2 Å². The number of benzene rings is 2. The number of fused-ring (bicyclic) bond motifs is 1. The maximum atomic E-state index is 11.2. The molecule has 0 atom stereocenters. The lowest BCUT2D eigenvalue weighted by molar-refractivity contribution is 0.0696. The normalized spacial score (nSPS) is 13.3. The molecule has 6 nitrogen and oxygen atoms in total. The third-order valence-corrected chi connectivity index (χ3v) is 6.42. The number of anilines is 1. The Morgan fingerprint density at radius 3 is 2.77 bits per heavy atom. The number of hydrogen-bond donors (Lipinski definition) is 1. The Bertz CT molecular complexity index is 1180. The molecule has 5 rings (SSSR count). The molecule has 2 aromatic carbocycles. The summed E-state index contributed by atoms with van der Waals surface area (Å²) in [4.78, 5) is 19.3. The van der Waals surface area contributed by atoms with Gasteiger partial charge in [-0.3, -0.25) is 0 Å². The predicted octanol–water partition coefficient (Wildman–Crippen LogP) is 4.18. The van der Waals surface area contributed by atoms with Crippen molar-refractivity contribution in [2.45, 2.75) is 19.4 Å². The molecule has 0 radical (unpaired) electrons. The minimum absolute atomic E-state index is 0.359. The molecule has 0 saturated heterocycles. The highest BCUT2D eigenvalue weighted by atomic mass is 32.1. The number of hydrogen-bond acceptors (Lipinski definition) is 5. The molecule has 0 spiro atoms. The van der Waals surface area contributed by atoms with Crippen LogP contribution in [0.5, 0.6) is 0 Å². The Morgan fingerprint density at radius 2 is 2.00 bits per heavy atom. The van der Waals surface area contributed by atoms with Crippen LogP contribution in [0.4, 0.5) is 5.13 Å². The number of rotatable bonds is 5. The first-order chi connectivity index (χ1) is 14.7. The first kappa shape index (κ1) is 18.6. The van der Waals surface area contributed by atoms with Crippen molar-refractivity contribution in [2.24, 2.45) is 0 Å². The zero-order valence-electron chi connectivity index (χ0n) is 16.2. The highest BCUT2D eigenvalue weighted by molar-refractivity contribution is 7.15. The van der Waals surface area contributed by atoms with Crippen LogP contribution in [0.1, 0.15) is 31.9 Å². The monoisotopic (exact) mass is 416 g/mol. The van der Waals surface area contributed by atoms with Gasteiger partial charge in [-0.25, -0.2) is 14.5 Å². The summed E-state index contributed by atoms with van der Waals surface area (Å²) in [5, 5.41) is 14.5. The number of thiazole rings is 1. The molecule has 2 aromatic heterocycles. The van der Waals surface area contributed by atoms with Gasteiger partial charge in [-0.2, -0.15) is 5.10 Å². The second-order valence-electron chi connectivity index (χ2n) is 7.36. The van der Waals surface area contributed by atoms with E-state index in [0.717, 1.165) is 42.3 Å². The van der Waals surface area contributed by atoms with Gasteiger partial charge in [0.15, 0.2) is 5.13 Å². The fourth-order valence-corrected chi connectivity index (χ4v) is 4.73. The predicted molar refractivity (Wildman–Crippen MR) is 117 cm³/mol. The van der Waals surface area contributed by atoms with Crippen LogP contribution in [-0.2, 0) is 19.4 Å². The third kappa shape index (κ3) is 3.71. The van der Waals surface area contributed by atoms with E-state index in [-0.39, 0.29) is 0 Å². The average molecular weight is 417 g/mol. The van der Waals surface area contributed by atoms with Crippen molar-refractivity contribution >= 4 is 22.4 Å².